The summed E-state index contributed by atoms with van der Waals surface area (Å²) in [6, 6.07) is 5.58. The van der Waals surface area contributed by atoms with Gasteiger partial charge in [0.05, 0.1) is 11.2 Å². The minimum Gasteiger partial charge on any atom is -0.380 e. The average Bonchev–Trinajstić information content (AvgIpc) is 2.76. The van der Waals surface area contributed by atoms with E-state index in [1.165, 1.54) is 6.33 Å². The molecule has 0 unspecified atom stereocenters. The van der Waals surface area contributed by atoms with Gasteiger partial charge in [-0.3, -0.25) is 5.43 Å². The summed E-state index contributed by atoms with van der Waals surface area (Å²) in [6.07, 6.45) is 3.23. The molecule has 19 heavy (non-hydrogen) atoms. The quantitative estimate of drug-likeness (QED) is 0.652. The van der Waals surface area contributed by atoms with E-state index < -0.39 is 0 Å². The number of hydrazone groups is 1. The van der Waals surface area contributed by atoms with Crippen molar-refractivity contribution >= 4 is 34.0 Å². The summed E-state index contributed by atoms with van der Waals surface area (Å²) in [4.78, 5) is 8.09. The second kappa shape index (κ2) is 4.33. The van der Waals surface area contributed by atoms with Crippen LogP contribution in [0.3, 0.4) is 0 Å². The molecule has 1 aliphatic heterocycles. The highest BCUT2D eigenvalue weighted by Gasteiger charge is 2.16. The Balaban J connectivity index is 1.88. The normalized spacial score (nSPS) is 14.2. The first-order chi connectivity index (χ1) is 9.24. The summed E-state index contributed by atoms with van der Waals surface area (Å²) in [5.74, 6) is 0.378. The highest BCUT2D eigenvalue weighted by molar-refractivity contribution is 6.68. The number of benzene rings is 1. The van der Waals surface area contributed by atoms with Crippen LogP contribution in [0.4, 0.5) is 5.69 Å². The molecule has 1 aromatic carbocycles. The maximum Gasteiger partial charge on any atom is 0.177 e. The molecule has 0 spiro atoms. The number of amidine groups is 2. The smallest absolute Gasteiger partial charge is 0.177 e. The van der Waals surface area contributed by atoms with Crippen molar-refractivity contribution in [2.24, 2.45) is 26.8 Å². The van der Waals surface area contributed by atoms with Gasteiger partial charge in [-0.15, -0.1) is 10.2 Å². The van der Waals surface area contributed by atoms with Gasteiger partial charge < -0.3 is 11.5 Å². The lowest BCUT2D eigenvalue weighted by atomic mass is 10.2. The van der Waals surface area contributed by atoms with Gasteiger partial charge in [0.15, 0.2) is 17.4 Å². The Morgan fingerprint density at radius 2 is 1.89 bits per heavy atom. The second-order valence-corrected chi connectivity index (χ2v) is 3.84. The molecule has 2 aromatic rings. The second-order valence-electron chi connectivity index (χ2n) is 3.84. The van der Waals surface area contributed by atoms with Crippen molar-refractivity contribution in [3.8, 4) is 0 Å². The van der Waals surface area contributed by atoms with Crippen LogP contribution in [0.2, 0.25) is 0 Å². The van der Waals surface area contributed by atoms with Crippen LogP contribution in [0.15, 0.2) is 46.0 Å². The number of aromatic nitrogens is 2. The molecule has 2 heterocycles. The van der Waals surface area contributed by atoms with Crippen molar-refractivity contribution < 1.29 is 0 Å². The Kier molecular flexibility index (Phi) is 2.53. The van der Waals surface area contributed by atoms with E-state index in [0.29, 0.717) is 5.71 Å². The first-order valence-electron chi connectivity index (χ1n) is 5.45. The molecule has 8 heteroatoms. The fourth-order valence-corrected chi connectivity index (χ4v) is 1.62. The molecule has 1 aliphatic rings. The zero-order chi connectivity index (χ0) is 13.2. The van der Waals surface area contributed by atoms with Crippen molar-refractivity contribution in [2.75, 3.05) is 5.43 Å². The lowest BCUT2D eigenvalue weighted by Gasteiger charge is -2.03. The maximum atomic E-state index is 5.59. The molecule has 0 bridgehead atoms. The fraction of sp³-hybridized carbons (Fsp3) is 0. The maximum absolute atomic E-state index is 5.59. The molecule has 0 amide bonds. The van der Waals surface area contributed by atoms with Crippen molar-refractivity contribution in [3.63, 3.8) is 0 Å². The van der Waals surface area contributed by atoms with Crippen molar-refractivity contribution in [3.05, 3.63) is 30.7 Å². The van der Waals surface area contributed by atoms with Crippen LogP contribution in [-0.4, -0.2) is 27.4 Å². The van der Waals surface area contributed by atoms with Crippen LogP contribution in [0.25, 0.3) is 10.9 Å². The van der Waals surface area contributed by atoms with E-state index in [0.717, 1.165) is 16.6 Å². The SMILES string of the molecule is NC1=NN=C(N)C1=NNc1ccc2ncncc2c1. The van der Waals surface area contributed by atoms with Gasteiger partial charge in [0, 0.05) is 11.6 Å². The van der Waals surface area contributed by atoms with Crippen molar-refractivity contribution in [2.45, 2.75) is 0 Å². The van der Waals surface area contributed by atoms with Gasteiger partial charge in [0.25, 0.3) is 0 Å². The third-order valence-corrected chi connectivity index (χ3v) is 2.55. The van der Waals surface area contributed by atoms with Crippen molar-refractivity contribution in [1.29, 1.82) is 0 Å². The Bertz CT molecular complexity index is 710. The molecule has 0 radical (unpaired) electrons. The first-order valence-corrected chi connectivity index (χ1v) is 5.45. The molecule has 0 atom stereocenters. The van der Waals surface area contributed by atoms with Gasteiger partial charge in [-0.05, 0) is 18.2 Å². The Hall–Kier alpha value is -3.03. The molecule has 0 aliphatic carbocycles. The van der Waals surface area contributed by atoms with Crippen LogP contribution in [0.1, 0.15) is 0 Å². The van der Waals surface area contributed by atoms with E-state index in [4.69, 9.17) is 11.5 Å². The van der Waals surface area contributed by atoms with Gasteiger partial charge >= 0.3 is 0 Å². The predicted molar refractivity (Wildman–Crippen MR) is 73.8 cm³/mol. The number of anilines is 1. The molecule has 5 N–H and O–H groups in total. The van der Waals surface area contributed by atoms with Gasteiger partial charge in [0.1, 0.15) is 6.33 Å². The Labute approximate surface area is 107 Å². The van der Waals surface area contributed by atoms with Crippen LogP contribution in [0, 0.1) is 0 Å². The number of fused-ring (bicyclic) bond motifs is 1. The average molecular weight is 254 g/mol. The largest absolute Gasteiger partial charge is 0.380 e. The van der Waals surface area contributed by atoms with Crippen LogP contribution < -0.4 is 16.9 Å². The van der Waals surface area contributed by atoms with E-state index in [1.807, 2.05) is 18.2 Å². The summed E-state index contributed by atoms with van der Waals surface area (Å²) >= 11 is 0. The first kappa shape index (κ1) is 11.1. The number of nitrogens with two attached hydrogens (primary N) is 2. The van der Waals surface area contributed by atoms with Gasteiger partial charge in [-0.1, -0.05) is 0 Å². The topological polar surface area (TPSA) is 127 Å². The monoisotopic (exact) mass is 254 g/mol. The Morgan fingerprint density at radius 1 is 1.11 bits per heavy atom. The summed E-state index contributed by atoms with van der Waals surface area (Å²) in [6.45, 7) is 0. The molecular weight excluding hydrogens is 244 g/mol. The third kappa shape index (κ3) is 2.06. The number of hydrogen-bond donors (Lipinski definition) is 3. The highest BCUT2D eigenvalue weighted by atomic mass is 15.4. The molecule has 0 saturated carbocycles. The van der Waals surface area contributed by atoms with E-state index in [2.05, 4.69) is 30.7 Å². The van der Waals surface area contributed by atoms with E-state index in [-0.39, 0.29) is 11.7 Å². The van der Waals surface area contributed by atoms with Crippen molar-refractivity contribution in [1.82, 2.24) is 9.97 Å². The minimum absolute atomic E-state index is 0.189. The lowest BCUT2D eigenvalue weighted by Crippen LogP contribution is -2.32. The molecule has 0 saturated heterocycles. The number of hydrogen-bond acceptors (Lipinski definition) is 8. The minimum atomic E-state index is 0.189. The van der Waals surface area contributed by atoms with E-state index in [1.54, 1.807) is 6.20 Å². The standard InChI is InChI=1S/C11H10N8/c12-10-9(11(13)19-18-10)17-16-7-1-2-8-6(3-7)4-14-5-15-8/h1-5,16H,(H4,12,13,17,18,19). The zero-order valence-electron chi connectivity index (χ0n) is 9.78. The molecule has 94 valence electrons. The highest BCUT2D eigenvalue weighted by Crippen LogP contribution is 2.16. The number of nitrogens with zero attached hydrogens (tertiary/aromatic N) is 5. The lowest BCUT2D eigenvalue weighted by molar-refractivity contribution is 1.22. The van der Waals surface area contributed by atoms with Crippen LogP contribution in [0.5, 0.6) is 0 Å². The summed E-state index contributed by atoms with van der Waals surface area (Å²) in [5.41, 5.74) is 16.0. The van der Waals surface area contributed by atoms with Crippen LogP contribution in [-0.2, 0) is 0 Å². The molecule has 8 nitrogen and oxygen atoms in total. The summed E-state index contributed by atoms with van der Waals surface area (Å²) in [7, 11) is 0. The molecule has 0 fully saturated rings. The summed E-state index contributed by atoms with van der Waals surface area (Å²) < 4.78 is 0. The van der Waals surface area contributed by atoms with Crippen LogP contribution >= 0.6 is 0 Å². The summed E-state index contributed by atoms with van der Waals surface area (Å²) in [5, 5.41) is 12.2. The zero-order valence-corrected chi connectivity index (χ0v) is 9.78. The fourth-order valence-electron chi connectivity index (χ4n) is 1.62. The van der Waals surface area contributed by atoms with Gasteiger partial charge in [0.2, 0.25) is 0 Å². The van der Waals surface area contributed by atoms with Gasteiger partial charge in [-0.25, -0.2) is 9.97 Å². The molecule has 1 aromatic heterocycles. The predicted octanol–water partition coefficient (Wildman–Crippen LogP) is 0.0407. The Morgan fingerprint density at radius 3 is 2.68 bits per heavy atom. The van der Waals surface area contributed by atoms with E-state index in [9.17, 15) is 0 Å². The number of nitrogens with one attached hydrogen (secondary N) is 1. The third-order valence-electron chi connectivity index (χ3n) is 2.55. The van der Waals surface area contributed by atoms with E-state index >= 15 is 0 Å². The van der Waals surface area contributed by atoms with Gasteiger partial charge in [-0.2, -0.15) is 5.10 Å². The molecular formula is C11H10N8. The molecule has 3 rings (SSSR count). The number of rotatable bonds is 2.